The lowest BCUT2D eigenvalue weighted by molar-refractivity contribution is 0.965. The Labute approximate surface area is 99.7 Å². The van der Waals surface area contributed by atoms with Gasteiger partial charge in [0.1, 0.15) is 0 Å². The van der Waals surface area contributed by atoms with Crippen LogP contribution in [0.4, 0.5) is 0 Å². The van der Waals surface area contributed by atoms with E-state index in [0.29, 0.717) is 10.6 Å². The highest BCUT2D eigenvalue weighted by Gasteiger charge is 2.08. The van der Waals surface area contributed by atoms with Gasteiger partial charge in [0, 0.05) is 11.4 Å². The van der Waals surface area contributed by atoms with Gasteiger partial charge in [-0.05, 0) is 44.2 Å². The Bertz CT molecular complexity index is 557. The second kappa shape index (κ2) is 4.03. The lowest BCUT2D eigenvalue weighted by Gasteiger charge is -2.11. The molecule has 0 aliphatic carbocycles. The number of benzene rings is 1. The maximum atomic E-state index is 8.89. The number of hydrogen-bond donors (Lipinski definition) is 0. The van der Waals surface area contributed by atoms with Crippen LogP contribution in [0.15, 0.2) is 30.3 Å². The normalized spacial score (nSPS) is 10.1. The van der Waals surface area contributed by atoms with Gasteiger partial charge in [-0.3, -0.25) is 0 Å². The van der Waals surface area contributed by atoms with Crippen LogP contribution < -0.4 is 0 Å². The van der Waals surface area contributed by atoms with Crippen LogP contribution >= 0.6 is 11.6 Å². The molecule has 0 bridgehead atoms. The van der Waals surface area contributed by atoms with Crippen molar-refractivity contribution in [2.24, 2.45) is 0 Å². The molecule has 0 amide bonds. The van der Waals surface area contributed by atoms with Crippen LogP contribution in [-0.2, 0) is 0 Å². The minimum atomic E-state index is 0.618. The average Bonchev–Trinajstić information content (AvgIpc) is 2.60. The second-order valence-corrected chi connectivity index (χ2v) is 4.14. The molecule has 3 heteroatoms. The third-order valence-electron chi connectivity index (χ3n) is 2.59. The van der Waals surface area contributed by atoms with Crippen molar-refractivity contribution in [3.63, 3.8) is 0 Å². The molecule has 0 aliphatic rings. The molecule has 0 saturated carbocycles. The summed E-state index contributed by atoms with van der Waals surface area (Å²) >= 11 is 6.16. The van der Waals surface area contributed by atoms with E-state index in [0.717, 1.165) is 17.1 Å². The summed E-state index contributed by atoms with van der Waals surface area (Å²) in [6.07, 6.45) is 0. The van der Waals surface area contributed by atoms with Crippen molar-refractivity contribution in [2.75, 3.05) is 0 Å². The number of halogens is 1. The minimum absolute atomic E-state index is 0.618. The molecule has 16 heavy (non-hydrogen) atoms. The van der Waals surface area contributed by atoms with E-state index >= 15 is 0 Å². The Balaban J connectivity index is 2.69. The van der Waals surface area contributed by atoms with Crippen molar-refractivity contribution < 1.29 is 0 Å². The lowest BCUT2D eigenvalue weighted by atomic mass is 10.2. The number of nitrogens with zero attached hydrogens (tertiary/aromatic N) is 2. The molecule has 0 aliphatic heterocycles. The van der Waals surface area contributed by atoms with Gasteiger partial charge in [-0.1, -0.05) is 11.6 Å². The quantitative estimate of drug-likeness (QED) is 0.736. The maximum absolute atomic E-state index is 8.89. The van der Waals surface area contributed by atoms with Crippen molar-refractivity contribution in [2.45, 2.75) is 13.8 Å². The Morgan fingerprint density at radius 2 is 1.75 bits per heavy atom. The molecule has 0 unspecified atom stereocenters. The summed E-state index contributed by atoms with van der Waals surface area (Å²) in [5.41, 5.74) is 3.69. The van der Waals surface area contributed by atoms with Crippen LogP contribution in [0.25, 0.3) is 5.69 Å². The van der Waals surface area contributed by atoms with Crippen molar-refractivity contribution in [1.82, 2.24) is 4.57 Å². The smallest absolute Gasteiger partial charge is 0.0992 e. The van der Waals surface area contributed by atoms with Crippen LogP contribution in [0.5, 0.6) is 0 Å². The van der Waals surface area contributed by atoms with Crippen molar-refractivity contribution >= 4 is 11.6 Å². The standard InChI is InChI=1S/C13H11ClN2/c1-9-3-4-10(2)16(9)13-7-11(8-15)5-6-12(13)14/h3-7H,1-2H3. The zero-order valence-corrected chi connectivity index (χ0v) is 9.92. The predicted molar refractivity (Wildman–Crippen MR) is 65.0 cm³/mol. The molecule has 0 fully saturated rings. The van der Waals surface area contributed by atoms with E-state index in [1.807, 2.05) is 36.6 Å². The fourth-order valence-corrected chi connectivity index (χ4v) is 2.00. The largest absolute Gasteiger partial charge is 0.317 e. The number of aromatic nitrogens is 1. The highest BCUT2D eigenvalue weighted by molar-refractivity contribution is 6.32. The molecule has 0 spiro atoms. The van der Waals surface area contributed by atoms with Gasteiger partial charge in [-0.2, -0.15) is 5.26 Å². The maximum Gasteiger partial charge on any atom is 0.0992 e. The van der Waals surface area contributed by atoms with Crippen LogP contribution in [0.1, 0.15) is 17.0 Å². The topological polar surface area (TPSA) is 28.7 Å². The Kier molecular flexibility index (Phi) is 2.72. The molecule has 2 aromatic rings. The van der Waals surface area contributed by atoms with Crippen LogP contribution in [0.2, 0.25) is 5.02 Å². The van der Waals surface area contributed by atoms with E-state index in [9.17, 15) is 0 Å². The summed E-state index contributed by atoms with van der Waals surface area (Å²) in [5.74, 6) is 0. The minimum Gasteiger partial charge on any atom is -0.317 e. The molecule has 2 nitrogen and oxygen atoms in total. The molecular formula is C13H11ClN2. The number of nitriles is 1. The van der Waals surface area contributed by atoms with E-state index in [2.05, 4.69) is 6.07 Å². The Hall–Kier alpha value is -1.72. The van der Waals surface area contributed by atoms with Gasteiger partial charge in [0.25, 0.3) is 0 Å². The Morgan fingerprint density at radius 1 is 1.12 bits per heavy atom. The van der Waals surface area contributed by atoms with E-state index < -0.39 is 0 Å². The fourth-order valence-electron chi connectivity index (χ4n) is 1.80. The summed E-state index contributed by atoms with van der Waals surface area (Å²) in [7, 11) is 0. The molecule has 0 atom stereocenters. The van der Waals surface area contributed by atoms with Gasteiger partial charge < -0.3 is 4.57 Å². The van der Waals surface area contributed by atoms with Gasteiger partial charge >= 0.3 is 0 Å². The molecule has 1 aromatic heterocycles. The molecule has 2 rings (SSSR count). The first-order chi connectivity index (χ1) is 7.63. The highest BCUT2D eigenvalue weighted by atomic mass is 35.5. The SMILES string of the molecule is Cc1ccc(C)n1-c1cc(C#N)ccc1Cl. The van der Waals surface area contributed by atoms with E-state index in [-0.39, 0.29) is 0 Å². The summed E-state index contributed by atoms with van der Waals surface area (Å²) in [4.78, 5) is 0. The first-order valence-electron chi connectivity index (χ1n) is 4.98. The third kappa shape index (κ3) is 1.70. The Morgan fingerprint density at radius 3 is 2.31 bits per heavy atom. The van der Waals surface area contributed by atoms with Crippen molar-refractivity contribution in [3.8, 4) is 11.8 Å². The monoisotopic (exact) mass is 230 g/mol. The van der Waals surface area contributed by atoms with E-state index in [1.54, 1.807) is 12.1 Å². The average molecular weight is 231 g/mol. The summed E-state index contributed by atoms with van der Waals surface area (Å²) in [5, 5.41) is 9.54. The van der Waals surface area contributed by atoms with Gasteiger partial charge in [-0.15, -0.1) is 0 Å². The molecule has 80 valence electrons. The van der Waals surface area contributed by atoms with E-state index in [1.165, 1.54) is 0 Å². The highest BCUT2D eigenvalue weighted by Crippen LogP contribution is 2.25. The number of hydrogen-bond acceptors (Lipinski definition) is 1. The first kappa shape index (κ1) is 10.8. The number of aryl methyl sites for hydroxylation is 2. The van der Waals surface area contributed by atoms with Crippen LogP contribution in [0, 0.1) is 25.2 Å². The molecule has 1 aromatic carbocycles. The molecule has 0 radical (unpaired) electrons. The molecule has 0 saturated heterocycles. The molecular weight excluding hydrogens is 220 g/mol. The third-order valence-corrected chi connectivity index (χ3v) is 2.91. The number of rotatable bonds is 1. The lowest BCUT2D eigenvalue weighted by Crippen LogP contribution is -2.00. The van der Waals surface area contributed by atoms with Gasteiger partial charge in [0.2, 0.25) is 0 Å². The van der Waals surface area contributed by atoms with Crippen LogP contribution in [0.3, 0.4) is 0 Å². The fraction of sp³-hybridized carbons (Fsp3) is 0.154. The van der Waals surface area contributed by atoms with E-state index in [4.69, 9.17) is 16.9 Å². The molecule has 1 heterocycles. The summed E-state index contributed by atoms with van der Waals surface area (Å²) in [6, 6.07) is 11.5. The second-order valence-electron chi connectivity index (χ2n) is 3.73. The van der Waals surface area contributed by atoms with Gasteiger partial charge in [-0.25, -0.2) is 0 Å². The van der Waals surface area contributed by atoms with Gasteiger partial charge in [0.15, 0.2) is 0 Å². The summed E-state index contributed by atoms with van der Waals surface area (Å²) < 4.78 is 2.04. The van der Waals surface area contributed by atoms with Gasteiger partial charge in [0.05, 0.1) is 22.3 Å². The van der Waals surface area contributed by atoms with Crippen LogP contribution in [-0.4, -0.2) is 4.57 Å². The zero-order chi connectivity index (χ0) is 11.7. The van der Waals surface area contributed by atoms with Crippen molar-refractivity contribution in [3.05, 3.63) is 52.3 Å². The zero-order valence-electron chi connectivity index (χ0n) is 9.16. The molecule has 0 N–H and O–H groups in total. The predicted octanol–water partition coefficient (Wildman–Crippen LogP) is 3.62. The van der Waals surface area contributed by atoms with Crippen molar-refractivity contribution in [1.29, 1.82) is 5.26 Å². The first-order valence-corrected chi connectivity index (χ1v) is 5.36. The summed E-state index contributed by atoms with van der Waals surface area (Å²) in [6.45, 7) is 4.03.